The number of hydrogen-bond acceptors (Lipinski definition) is 1. The third-order valence-corrected chi connectivity index (χ3v) is 5.45. The van der Waals surface area contributed by atoms with Gasteiger partial charge in [0.25, 0.3) is 0 Å². The van der Waals surface area contributed by atoms with Crippen LogP contribution in [0.1, 0.15) is 30.9 Å². The van der Waals surface area contributed by atoms with E-state index in [9.17, 15) is 4.39 Å². The first-order valence-electron chi connectivity index (χ1n) is 9.50. The standard InChI is InChI=1S/C25H25ClFN/c1-3-25(2,20-12-14-21(26)15-13-20)17-7-8-19-11-16-23(27)24(18-19)28-22-9-5-4-6-10-22/h3-6,9-16,18,28H,1,7-8,17H2,2H3. The molecular weight excluding hydrogens is 369 g/mol. The van der Waals surface area contributed by atoms with E-state index < -0.39 is 0 Å². The summed E-state index contributed by atoms with van der Waals surface area (Å²) in [7, 11) is 0. The van der Waals surface area contributed by atoms with Gasteiger partial charge in [0.2, 0.25) is 0 Å². The summed E-state index contributed by atoms with van der Waals surface area (Å²) in [5.41, 5.74) is 3.59. The van der Waals surface area contributed by atoms with Crippen LogP contribution in [0.15, 0.2) is 85.5 Å². The van der Waals surface area contributed by atoms with Crippen molar-refractivity contribution in [3.8, 4) is 0 Å². The third kappa shape index (κ3) is 5.02. The maximum atomic E-state index is 14.2. The highest BCUT2D eigenvalue weighted by Gasteiger charge is 2.22. The summed E-state index contributed by atoms with van der Waals surface area (Å²) in [6, 6.07) is 22.9. The molecule has 0 aromatic heterocycles. The molecule has 0 aliphatic rings. The van der Waals surface area contributed by atoms with E-state index in [0.29, 0.717) is 5.69 Å². The summed E-state index contributed by atoms with van der Waals surface area (Å²) in [5.74, 6) is -0.246. The smallest absolute Gasteiger partial charge is 0.146 e. The van der Waals surface area contributed by atoms with Crippen molar-refractivity contribution in [3.63, 3.8) is 0 Å². The lowest BCUT2D eigenvalue weighted by atomic mass is 9.78. The SMILES string of the molecule is C=CC(C)(CCCc1ccc(F)c(Nc2ccccc2)c1)c1ccc(Cl)cc1. The zero-order chi connectivity index (χ0) is 20.0. The van der Waals surface area contributed by atoms with Gasteiger partial charge in [0.1, 0.15) is 5.82 Å². The van der Waals surface area contributed by atoms with Crippen molar-refractivity contribution in [2.75, 3.05) is 5.32 Å². The Morgan fingerprint density at radius 1 is 1.04 bits per heavy atom. The van der Waals surface area contributed by atoms with E-state index in [2.05, 4.69) is 31.0 Å². The molecule has 0 saturated carbocycles. The number of hydrogen-bond donors (Lipinski definition) is 1. The quantitative estimate of drug-likeness (QED) is 0.387. The summed E-state index contributed by atoms with van der Waals surface area (Å²) < 4.78 is 14.2. The van der Waals surface area contributed by atoms with Crippen molar-refractivity contribution >= 4 is 23.0 Å². The fourth-order valence-corrected chi connectivity index (χ4v) is 3.48. The van der Waals surface area contributed by atoms with Gasteiger partial charge in [0.05, 0.1) is 5.69 Å². The topological polar surface area (TPSA) is 12.0 Å². The molecule has 1 unspecified atom stereocenters. The summed E-state index contributed by atoms with van der Waals surface area (Å²) >= 11 is 6.01. The highest BCUT2D eigenvalue weighted by molar-refractivity contribution is 6.30. The molecular formula is C25H25ClFN. The molecule has 0 aliphatic carbocycles. The van der Waals surface area contributed by atoms with Gasteiger partial charge in [-0.3, -0.25) is 0 Å². The second-order valence-corrected chi connectivity index (χ2v) is 7.72. The Morgan fingerprint density at radius 3 is 2.43 bits per heavy atom. The van der Waals surface area contributed by atoms with Crippen LogP contribution in [-0.4, -0.2) is 0 Å². The minimum absolute atomic E-state index is 0.115. The summed E-state index contributed by atoms with van der Waals surface area (Å²) in [6.45, 7) is 6.23. The predicted octanol–water partition coefficient (Wildman–Crippen LogP) is 7.69. The first-order chi connectivity index (χ1) is 13.5. The van der Waals surface area contributed by atoms with E-state index in [-0.39, 0.29) is 11.2 Å². The minimum Gasteiger partial charge on any atom is -0.353 e. The fourth-order valence-electron chi connectivity index (χ4n) is 3.36. The molecule has 1 N–H and O–H groups in total. The number of rotatable bonds is 8. The van der Waals surface area contributed by atoms with Crippen LogP contribution in [-0.2, 0) is 11.8 Å². The summed E-state index contributed by atoms with van der Waals surface area (Å²) in [6.07, 6.45) is 4.81. The average Bonchev–Trinajstić information content (AvgIpc) is 2.71. The molecule has 0 heterocycles. The first kappa shape index (κ1) is 20.2. The third-order valence-electron chi connectivity index (χ3n) is 5.20. The van der Waals surface area contributed by atoms with Crippen molar-refractivity contribution in [1.29, 1.82) is 0 Å². The van der Waals surface area contributed by atoms with Gasteiger partial charge in [0, 0.05) is 16.1 Å². The van der Waals surface area contributed by atoms with Crippen LogP contribution in [0.2, 0.25) is 5.02 Å². The van der Waals surface area contributed by atoms with Gasteiger partial charge >= 0.3 is 0 Å². The van der Waals surface area contributed by atoms with Crippen molar-refractivity contribution in [2.24, 2.45) is 0 Å². The van der Waals surface area contributed by atoms with Crippen LogP contribution < -0.4 is 5.32 Å². The van der Waals surface area contributed by atoms with Gasteiger partial charge in [-0.25, -0.2) is 4.39 Å². The maximum absolute atomic E-state index is 14.2. The highest BCUT2D eigenvalue weighted by Crippen LogP contribution is 2.32. The molecule has 0 bridgehead atoms. The van der Waals surface area contributed by atoms with Crippen LogP contribution in [0, 0.1) is 5.82 Å². The molecule has 0 fully saturated rings. The van der Waals surface area contributed by atoms with Gasteiger partial charge in [-0.1, -0.05) is 61.0 Å². The maximum Gasteiger partial charge on any atom is 0.146 e. The van der Waals surface area contributed by atoms with Gasteiger partial charge < -0.3 is 5.32 Å². The highest BCUT2D eigenvalue weighted by atomic mass is 35.5. The molecule has 0 radical (unpaired) electrons. The van der Waals surface area contributed by atoms with E-state index in [1.54, 1.807) is 0 Å². The van der Waals surface area contributed by atoms with Crippen LogP contribution in [0.3, 0.4) is 0 Å². The Morgan fingerprint density at radius 2 is 1.75 bits per heavy atom. The number of halogens is 2. The number of nitrogens with one attached hydrogen (secondary N) is 1. The lowest BCUT2D eigenvalue weighted by Gasteiger charge is -2.26. The molecule has 0 amide bonds. The van der Waals surface area contributed by atoms with Crippen LogP contribution in [0.5, 0.6) is 0 Å². The zero-order valence-corrected chi connectivity index (χ0v) is 16.8. The van der Waals surface area contributed by atoms with Gasteiger partial charge in [-0.05, 0) is 66.8 Å². The molecule has 1 nitrogen and oxygen atoms in total. The predicted molar refractivity (Wildman–Crippen MR) is 118 cm³/mol. The van der Waals surface area contributed by atoms with Crippen molar-refractivity contribution in [3.05, 3.63) is 107 Å². The minimum atomic E-state index is -0.246. The second-order valence-electron chi connectivity index (χ2n) is 7.29. The molecule has 3 aromatic rings. The zero-order valence-electron chi connectivity index (χ0n) is 16.1. The number of para-hydroxylation sites is 1. The molecule has 0 spiro atoms. The van der Waals surface area contributed by atoms with Crippen LogP contribution in [0.25, 0.3) is 0 Å². The largest absolute Gasteiger partial charge is 0.353 e. The fraction of sp³-hybridized carbons (Fsp3) is 0.200. The van der Waals surface area contributed by atoms with Crippen molar-refractivity contribution < 1.29 is 4.39 Å². The number of anilines is 2. The molecule has 0 saturated heterocycles. The average molecular weight is 394 g/mol. The molecule has 144 valence electrons. The Labute approximate surface area is 171 Å². The molecule has 1 atom stereocenters. The Hall–Kier alpha value is -2.58. The number of allylic oxidation sites excluding steroid dienone is 1. The lowest BCUT2D eigenvalue weighted by molar-refractivity contribution is 0.516. The normalized spacial score (nSPS) is 13.0. The molecule has 28 heavy (non-hydrogen) atoms. The summed E-state index contributed by atoms with van der Waals surface area (Å²) in [5, 5.41) is 3.89. The summed E-state index contributed by atoms with van der Waals surface area (Å²) in [4.78, 5) is 0. The number of aryl methyl sites for hydroxylation is 1. The van der Waals surface area contributed by atoms with E-state index in [1.807, 2.05) is 60.7 Å². The van der Waals surface area contributed by atoms with E-state index in [4.69, 9.17) is 11.6 Å². The van der Waals surface area contributed by atoms with E-state index in [0.717, 1.165) is 35.5 Å². The molecule has 0 aliphatic heterocycles. The Bertz CT molecular complexity index is 921. The Balaban J connectivity index is 1.66. The first-order valence-corrected chi connectivity index (χ1v) is 9.88. The van der Waals surface area contributed by atoms with Crippen LogP contribution in [0.4, 0.5) is 15.8 Å². The van der Waals surface area contributed by atoms with Gasteiger partial charge in [-0.2, -0.15) is 0 Å². The second kappa shape index (κ2) is 9.07. The molecule has 3 rings (SSSR count). The van der Waals surface area contributed by atoms with Gasteiger partial charge in [-0.15, -0.1) is 6.58 Å². The molecule has 3 aromatic carbocycles. The van der Waals surface area contributed by atoms with E-state index >= 15 is 0 Å². The van der Waals surface area contributed by atoms with E-state index in [1.165, 1.54) is 11.6 Å². The van der Waals surface area contributed by atoms with Gasteiger partial charge in [0.15, 0.2) is 0 Å². The Kier molecular flexibility index (Phi) is 6.53. The van der Waals surface area contributed by atoms with Crippen molar-refractivity contribution in [1.82, 2.24) is 0 Å². The lowest BCUT2D eigenvalue weighted by Crippen LogP contribution is -2.18. The monoisotopic (exact) mass is 393 g/mol. The number of benzene rings is 3. The van der Waals surface area contributed by atoms with Crippen molar-refractivity contribution in [2.45, 2.75) is 31.6 Å². The van der Waals surface area contributed by atoms with Crippen LogP contribution >= 0.6 is 11.6 Å². The molecule has 3 heteroatoms.